The first-order valence-electron chi connectivity index (χ1n) is 16.0. The van der Waals surface area contributed by atoms with E-state index in [2.05, 4.69) is 35.4 Å². The van der Waals surface area contributed by atoms with Gasteiger partial charge in [0.1, 0.15) is 6.10 Å². The van der Waals surface area contributed by atoms with Gasteiger partial charge in [-0.3, -0.25) is 4.79 Å². The fourth-order valence-corrected chi connectivity index (χ4v) is 9.71. The summed E-state index contributed by atoms with van der Waals surface area (Å²) in [4.78, 5) is 29.0. The van der Waals surface area contributed by atoms with Crippen molar-refractivity contribution in [3.63, 3.8) is 0 Å². The number of para-hydroxylation sites is 1. The zero-order valence-electron chi connectivity index (χ0n) is 24.9. The number of rotatable bonds is 5. The van der Waals surface area contributed by atoms with Gasteiger partial charge in [0.05, 0.1) is 12.0 Å². The van der Waals surface area contributed by atoms with E-state index in [9.17, 15) is 9.59 Å². The van der Waals surface area contributed by atoms with E-state index in [1.807, 2.05) is 54.7 Å². The summed E-state index contributed by atoms with van der Waals surface area (Å²) in [5.41, 5.74) is 7.13. The Balaban J connectivity index is 0.984. The highest BCUT2D eigenvalue weighted by Crippen LogP contribution is 2.66. The van der Waals surface area contributed by atoms with Crippen LogP contribution in [0.15, 0.2) is 65.9 Å². The number of aromatic amines is 1. The number of benzene rings is 2. The number of hydrogen-bond acceptors (Lipinski definition) is 4. The van der Waals surface area contributed by atoms with Crippen LogP contribution in [0.1, 0.15) is 87.6 Å². The van der Waals surface area contributed by atoms with Crippen LogP contribution < -0.4 is 5.43 Å². The number of nitrogens with zero attached hydrogens (tertiary/aromatic N) is 1. The number of H-pyrrole nitrogens is 1. The highest BCUT2D eigenvalue weighted by molar-refractivity contribution is 5.91. The number of aromatic nitrogens is 1. The van der Waals surface area contributed by atoms with Crippen molar-refractivity contribution in [1.29, 1.82) is 0 Å². The SMILES string of the molecule is CC12CC/C(=N/NC(=O)Cc3c[nH]c4ccccc34)CC1CCC1C2CCC2(C)C(OC(=O)c3ccccc3)CCC12. The molecule has 1 amide bonds. The maximum atomic E-state index is 12.9. The molecule has 6 heteroatoms. The van der Waals surface area contributed by atoms with Crippen molar-refractivity contribution in [3.05, 3.63) is 71.9 Å². The van der Waals surface area contributed by atoms with Gasteiger partial charge in [0.2, 0.25) is 5.91 Å². The molecule has 4 fully saturated rings. The second-order valence-corrected chi connectivity index (χ2v) is 14.0. The van der Waals surface area contributed by atoms with Crippen LogP contribution >= 0.6 is 0 Å². The van der Waals surface area contributed by atoms with Gasteiger partial charge in [-0.2, -0.15) is 5.10 Å². The topological polar surface area (TPSA) is 83.6 Å². The minimum Gasteiger partial charge on any atom is -0.458 e. The minimum absolute atomic E-state index is 0.0136. The molecule has 0 spiro atoms. The number of hydrogen-bond donors (Lipinski definition) is 2. The molecule has 0 aliphatic heterocycles. The van der Waals surface area contributed by atoms with E-state index in [1.165, 1.54) is 25.7 Å². The smallest absolute Gasteiger partial charge is 0.338 e. The molecular formula is C36H43N3O3. The lowest BCUT2D eigenvalue weighted by Crippen LogP contribution is -2.54. The molecule has 1 aromatic heterocycles. The van der Waals surface area contributed by atoms with Crippen molar-refractivity contribution in [1.82, 2.24) is 10.4 Å². The predicted molar refractivity (Wildman–Crippen MR) is 165 cm³/mol. The lowest BCUT2D eigenvalue weighted by Gasteiger charge is -2.60. The largest absolute Gasteiger partial charge is 0.458 e. The molecule has 4 aliphatic carbocycles. The van der Waals surface area contributed by atoms with Gasteiger partial charge in [0.15, 0.2) is 0 Å². The van der Waals surface area contributed by atoms with Crippen molar-refractivity contribution in [3.8, 4) is 0 Å². The average Bonchev–Trinajstić information content (AvgIpc) is 3.56. The van der Waals surface area contributed by atoms with E-state index in [4.69, 9.17) is 4.74 Å². The number of carbonyl (C=O) groups excluding carboxylic acids is 2. The third-order valence-corrected chi connectivity index (χ3v) is 12.0. The predicted octanol–water partition coefficient (Wildman–Crippen LogP) is 7.45. The number of esters is 1. The van der Waals surface area contributed by atoms with Gasteiger partial charge in [0.25, 0.3) is 0 Å². The van der Waals surface area contributed by atoms with Gasteiger partial charge in [-0.25, -0.2) is 10.2 Å². The lowest BCUT2D eigenvalue weighted by atomic mass is 9.45. The molecule has 6 nitrogen and oxygen atoms in total. The Hall–Kier alpha value is -3.41. The zero-order valence-corrected chi connectivity index (χ0v) is 24.9. The summed E-state index contributed by atoms with van der Waals surface area (Å²) in [5.74, 6) is 2.44. The van der Waals surface area contributed by atoms with Gasteiger partial charge in [-0.15, -0.1) is 0 Å². The number of ether oxygens (including phenoxy) is 1. The molecule has 0 saturated heterocycles. The van der Waals surface area contributed by atoms with Crippen molar-refractivity contribution < 1.29 is 14.3 Å². The quantitative estimate of drug-likeness (QED) is 0.249. The molecule has 7 unspecified atom stereocenters. The Morgan fingerprint density at radius 2 is 1.71 bits per heavy atom. The van der Waals surface area contributed by atoms with Gasteiger partial charge in [-0.05, 0) is 111 Å². The van der Waals surface area contributed by atoms with Crippen molar-refractivity contribution in [2.24, 2.45) is 39.6 Å². The molecule has 3 aromatic rings. The fraction of sp³-hybridized carbons (Fsp3) is 0.528. The normalized spacial score (nSPS) is 34.8. The fourth-order valence-electron chi connectivity index (χ4n) is 9.71. The number of nitrogens with one attached hydrogen (secondary N) is 2. The molecular weight excluding hydrogens is 522 g/mol. The second-order valence-electron chi connectivity index (χ2n) is 14.0. The van der Waals surface area contributed by atoms with E-state index in [0.717, 1.165) is 60.2 Å². The summed E-state index contributed by atoms with van der Waals surface area (Å²) < 4.78 is 6.20. The molecule has 1 heterocycles. The highest BCUT2D eigenvalue weighted by Gasteiger charge is 2.61. The lowest BCUT2D eigenvalue weighted by molar-refractivity contribution is -0.120. The Morgan fingerprint density at radius 3 is 2.57 bits per heavy atom. The number of carbonyl (C=O) groups is 2. The van der Waals surface area contributed by atoms with Crippen LogP contribution in [-0.2, 0) is 16.0 Å². The molecule has 2 aromatic carbocycles. The van der Waals surface area contributed by atoms with Crippen LogP contribution in [0.2, 0.25) is 0 Å². The van der Waals surface area contributed by atoms with Gasteiger partial charge >= 0.3 is 5.97 Å². The minimum atomic E-state index is -0.173. The highest BCUT2D eigenvalue weighted by atomic mass is 16.5. The summed E-state index contributed by atoms with van der Waals surface area (Å²) in [6, 6.07) is 17.5. The molecule has 7 rings (SSSR count). The summed E-state index contributed by atoms with van der Waals surface area (Å²) in [7, 11) is 0. The van der Waals surface area contributed by atoms with Gasteiger partial charge in [-0.1, -0.05) is 50.2 Å². The summed E-state index contributed by atoms with van der Waals surface area (Å²) in [5, 5.41) is 5.75. The summed E-state index contributed by atoms with van der Waals surface area (Å²) >= 11 is 0. The number of amides is 1. The molecule has 4 saturated carbocycles. The van der Waals surface area contributed by atoms with E-state index >= 15 is 0 Å². The van der Waals surface area contributed by atoms with Crippen LogP contribution in [0.4, 0.5) is 0 Å². The Bertz CT molecular complexity index is 1510. The Labute approximate surface area is 248 Å². The Kier molecular flexibility index (Phi) is 6.99. The number of hydrazone groups is 1. The van der Waals surface area contributed by atoms with E-state index in [1.54, 1.807) is 0 Å². The molecule has 4 aliphatic rings. The summed E-state index contributed by atoms with van der Waals surface area (Å²) in [6.45, 7) is 4.95. The van der Waals surface area contributed by atoms with Crippen LogP contribution in [-0.4, -0.2) is 28.7 Å². The first kappa shape index (κ1) is 27.4. The maximum absolute atomic E-state index is 12.9. The molecule has 42 heavy (non-hydrogen) atoms. The Morgan fingerprint density at radius 1 is 0.929 bits per heavy atom. The zero-order chi connectivity index (χ0) is 28.9. The van der Waals surface area contributed by atoms with Crippen molar-refractivity contribution in [2.75, 3.05) is 0 Å². The standard InChI is InChI=1S/C36H43N3O3/c1-35-18-16-26(38-39-33(40)20-24-22-37-31-11-7-6-10-27(24)31)21-25(35)12-13-28-29-14-15-32(36(29,2)19-17-30(28)35)42-34(41)23-8-4-3-5-9-23/h3-11,22,25,28-30,32,37H,12-21H2,1-2H3,(H,39,40)/b38-26-. The molecule has 0 radical (unpaired) electrons. The van der Waals surface area contributed by atoms with Gasteiger partial charge < -0.3 is 9.72 Å². The monoisotopic (exact) mass is 565 g/mol. The average molecular weight is 566 g/mol. The first-order chi connectivity index (χ1) is 20.3. The molecule has 0 bridgehead atoms. The molecule has 220 valence electrons. The summed E-state index contributed by atoms with van der Waals surface area (Å²) in [6.07, 6.45) is 12.4. The van der Waals surface area contributed by atoms with E-state index in [-0.39, 0.29) is 23.4 Å². The maximum Gasteiger partial charge on any atom is 0.338 e. The van der Waals surface area contributed by atoms with Crippen LogP contribution in [0.5, 0.6) is 0 Å². The van der Waals surface area contributed by atoms with Crippen LogP contribution in [0, 0.1) is 34.5 Å². The van der Waals surface area contributed by atoms with Crippen LogP contribution in [0.25, 0.3) is 10.9 Å². The van der Waals surface area contributed by atoms with Gasteiger partial charge in [0, 0.05) is 28.2 Å². The number of fused-ring (bicyclic) bond motifs is 6. The van der Waals surface area contributed by atoms with Crippen LogP contribution in [0.3, 0.4) is 0 Å². The third-order valence-electron chi connectivity index (χ3n) is 12.0. The van der Waals surface area contributed by atoms with Crippen molar-refractivity contribution >= 4 is 28.5 Å². The second kappa shape index (κ2) is 10.7. The van der Waals surface area contributed by atoms with E-state index in [0.29, 0.717) is 35.2 Å². The molecule has 2 N–H and O–H groups in total. The molecule has 7 atom stereocenters. The third kappa shape index (κ3) is 4.67. The van der Waals surface area contributed by atoms with Crippen molar-refractivity contribution in [2.45, 2.75) is 84.2 Å². The van der Waals surface area contributed by atoms with E-state index < -0.39 is 0 Å². The first-order valence-corrected chi connectivity index (χ1v) is 16.0.